The van der Waals surface area contributed by atoms with Crippen molar-refractivity contribution >= 4 is 17.3 Å². The van der Waals surface area contributed by atoms with E-state index >= 15 is 0 Å². The molecular weight excluding hydrogens is 292 g/mol. The van der Waals surface area contributed by atoms with Crippen molar-refractivity contribution in [1.29, 1.82) is 0 Å². The van der Waals surface area contributed by atoms with Crippen LogP contribution in [0.15, 0.2) is 22.5 Å². The molecule has 2 N–H and O–H groups in total. The van der Waals surface area contributed by atoms with E-state index in [2.05, 4.69) is 45.1 Å². The summed E-state index contributed by atoms with van der Waals surface area (Å²) in [4.78, 5) is 8.16. The van der Waals surface area contributed by atoms with Gasteiger partial charge < -0.3 is 15.5 Å². The van der Waals surface area contributed by atoms with Gasteiger partial charge in [0.05, 0.1) is 6.54 Å². The molecular formula is C17H30N4S. The maximum Gasteiger partial charge on any atom is 0.191 e. The zero-order valence-electron chi connectivity index (χ0n) is 14.0. The number of aliphatic imine (C=N–C) groups is 1. The lowest BCUT2D eigenvalue weighted by Crippen LogP contribution is -2.39. The minimum atomic E-state index is 0.810. The molecule has 0 spiro atoms. The van der Waals surface area contributed by atoms with Crippen LogP contribution in [-0.4, -0.2) is 44.1 Å². The minimum Gasteiger partial charge on any atom is -0.356 e. The molecule has 1 saturated carbocycles. The van der Waals surface area contributed by atoms with Crippen LogP contribution in [0.1, 0.15) is 43.4 Å². The fraction of sp³-hybridized carbons (Fsp3) is 0.706. The lowest BCUT2D eigenvalue weighted by molar-refractivity contribution is 0.190. The molecule has 124 valence electrons. The number of thiophene rings is 1. The predicted octanol–water partition coefficient (Wildman–Crippen LogP) is 3.07. The highest BCUT2D eigenvalue weighted by molar-refractivity contribution is 7.09. The fourth-order valence-electron chi connectivity index (χ4n) is 3.04. The summed E-state index contributed by atoms with van der Waals surface area (Å²) in [5.41, 5.74) is 0. The van der Waals surface area contributed by atoms with Crippen LogP contribution in [0, 0.1) is 0 Å². The van der Waals surface area contributed by atoms with Gasteiger partial charge in [0.1, 0.15) is 0 Å². The average Bonchev–Trinajstić information content (AvgIpc) is 3.08. The van der Waals surface area contributed by atoms with Crippen molar-refractivity contribution in [3.63, 3.8) is 0 Å². The van der Waals surface area contributed by atoms with Gasteiger partial charge in [0, 0.05) is 24.5 Å². The maximum absolute atomic E-state index is 4.28. The number of hydrogen-bond donors (Lipinski definition) is 2. The van der Waals surface area contributed by atoms with Crippen LogP contribution in [0.25, 0.3) is 0 Å². The first-order valence-corrected chi connectivity index (χ1v) is 9.34. The largest absolute Gasteiger partial charge is 0.356 e. The summed E-state index contributed by atoms with van der Waals surface area (Å²) < 4.78 is 0. The second-order valence-electron chi connectivity index (χ2n) is 6.06. The summed E-state index contributed by atoms with van der Waals surface area (Å²) in [5.74, 6) is 0.897. The fourth-order valence-corrected chi connectivity index (χ4v) is 3.69. The number of nitrogens with zero attached hydrogens (tertiary/aromatic N) is 2. The molecule has 5 heteroatoms. The summed E-state index contributed by atoms with van der Waals surface area (Å²) >= 11 is 1.77. The molecule has 0 saturated heterocycles. The van der Waals surface area contributed by atoms with Gasteiger partial charge in [-0.3, -0.25) is 4.99 Å². The third kappa shape index (κ3) is 5.97. The molecule has 2 rings (SSSR count). The van der Waals surface area contributed by atoms with E-state index in [1.54, 1.807) is 11.3 Å². The van der Waals surface area contributed by atoms with Crippen LogP contribution >= 0.6 is 11.3 Å². The average molecular weight is 323 g/mol. The third-order valence-electron chi connectivity index (χ3n) is 4.41. The smallest absolute Gasteiger partial charge is 0.191 e. The molecule has 0 unspecified atom stereocenters. The van der Waals surface area contributed by atoms with E-state index in [0.717, 1.165) is 31.5 Å². The van der Waals surface area contributed by atoms with Crippen molar-refractivity contribution in [1.82, 2.24) is 15.5 Å². The molecule has 0 bridgehead atoms. The Hall–Kier alpha value is -1.07. The molecule has 1 fully saturated rings. The summed E-state index contributed by atoms with van der Waals surface area (Å²) in [6.45, 7) is 2.99. The van der Waals surface area contributed by atoms with Crippen LogP contribution in [0.3, 0.4) is 0 Å². The zero-order chi connectivity index (χ0) is 15.6. The third-order valence-corrected chi connectivity index (χ3v) is 5.29. The lowest BCUT2D eigenvalue weighted by Gasteiger charge is -2.31. The Morgan fingerprint density at radius 1 is 1.32 bits per heavy atom. The van der Waals surface area contributed by atoms with Crippen molar-refractivity contribution in [3.05, 3.63) is 22.4 Å². The van der Waals surface area contributed by atoms with Crippen molar-refractivity contribution in [2.45, 2.75) is 51.1 Å². The van der Waals surface area contributed by atoms with Gasteiger partial charge in [-0.25, -0.2) is 0 Å². The van der Waals surface area contributed by atoms with Crippen LogP contribution in [0.5, 0.6) is 0 Å². The second-order valence-corrected chi connectivity index (χ2v) is 7.09. The van der Waals surface area contributed by atoms with E-state index in [-0.39, 0.29) is 0 Å². The molecule has 1 aromatic rings. The van der Waals surface area contributed by atoms with Crippen molar-refractivity contribution < 1.29 is 0 Å². The molecule has 0 radical (unpaired) electrons. The molecule has 1 aromatic heterocycles. The van der Waals surface area contributed by atoms with E-state index < -0.39 is 0 Å². The molecule has 0 aliphatic heterocycles. The molecule has 4 nitrogen and oxygen atoms in total. The molecule has 1 aliphatic carbocycles. The van der Waals surface area contributed by atoms with E-state index in [0.29, 0.717) is 0 Å². The molecule has 22 heavy (non-hydrogen) atoms. The number of guanidine groups is 1. The highest BCUT2D eigenvalue weighted by Crippen LogP contribution is 2.21. The summed E-state index contributed by atoms with van der Waals surface area (Å²) in [5, 5.41) is 8.87. The molecule has 0 aromatic carbocycles. The standard InChI is InChI=1S/C17H30N4S/c1-18-17(20-14-16-10-6-13-22-16)19-11-7-12-21(2)15-8-4-3-5-9-15/h6,10,13,15H,3-5,7-9,11-12,14H2,1-2H3,(H2,18,19,20). The first kappa shape index (κ1) is 17.3. The van der Waals surface area contributed by atoms with Gasteiger partial charge in [-0.2, -0.15) is 0 Å². The van der Waals surface area contributed by atoms with Gasteiger partial charge in [-0.1, -0.05) is 25.3 Å². The molecule has 0 amide bonds. The van der Waals surface area contributed by atoms with Gasteiger partial charge in [0.2, 0.25) is 0 Å². The lowest BCUT2D eigenvalue weighted by atomic mass is 9.94. The van der Waals surface area contributed by atoms with Gasteiger partial charge in [0.25, 0.3) is 0 Å². The van der Waals surface area contributed by atoms with Crippen LogP contribution in [-0.2, 0) is 6.54 Å². The Bertz CT molecular complexity index is 424. The monoisotopic (exact) mass is 322 g/mol. The normalized spacial score (nSPS) is 17.0. The highest BCUT2D eigenvalue weighted by atomic mass is 32.1. The first-order chi connectivity index (χ1) is 10.8. The van der Waals surface area contributed by atoms with Crippen LogP contribution < -0.4 is 10.6 Å². The summed E-state index contributed by atoms with van der Waals surface area (Å²) in [7, 11) is 4.11. The van der Waals surface area contributed by atoms with Crippen LogP contribution in [0.2, 0.25) is 0 Å². The minimum absolute atomic E-state index is 0.810. The number of hydrogen-bond acceptors (Lipinski definition) is 3. The van der Waals surface area contributed by atoms with Gasteiger partial charge >= 0.3 is 0 Å². The Labute approximate surface area is 139 Å². The molecule has 1 aliphatic rings. The van der Waals surface area contributed by atoms with E-state index in [9.17, 15) is 0 Å². The topological polar surface area (TPSA) is 39.7 Å². The Balaban J connectivity index is 1.58. The maximum atomic E-state index is 4.28. The zero-order valence-corrected chi connectivity index (χ0v) is 14.8. The summed E-state index contributed by atoms with van der Waals surface area (Å²) in [6.07, 6.45) is 8.17. The molecule has 0 atom stereocenters. The first-order valence-electron chi connectivity index (χ1n) is 8.46. The second kappa shape index (κ2) is 9.85. The molecule has 1 heterocycles. The van der Waals surface area contributed by atoms with Crippen LogP contribution in [0.4, 0.5) is 0 Å². The number of rotatable bonds is 7. The van der Waals surface area contributed by atoms with Gasteiger partial charge in [0.15, 0.2) is 5.96 Å². The SMILES string of the molecule is CN=C(NCCCN(C)C1CCCCC1)NCc1cccs1. The van der Waals surface area contributed by atoms with Crippen molar-refractivity contribution in [2.75, 3.05) is 27.2 Å². The Morgan fingerprint density at radius 3 is 2.82 bits per heavy atom. The van der Waals surface area contributed by atoms with Gasteiger partial charge in [-0.05, 0) is 44.3 Å². The predicted molar refractivity (Wildman–Crippen MR) is 96.6 cm³/mol. The summed E-state index contributed by atoms with van der Waals surface area (Å²) in [6, 6.07) is 5.04. The Morgan fingerprint density at radius 2 is 2.14 bits per heavy atom. The van der Waals surface area contributed by atoms with Gasteiger partial charge in [-0.15, -0.1) is 11.3 Å². The van der Waals surface area contributed by atoms with E-state index in [1.807, 2.05) is 7.05 Å². The van der Waals surface area contributed by atoms with E-state index in [4.69, 9.17) is 0 Å². The quantitative estimate of drug-likeness (QED) is 0.460. The highest BCUT2D eigenvalue weighted by Gasteiger charge is 2.17. The van der Waals surface area contributed by atoms with E-state index in [1.165, 1.54) is 43.5 Å². The number of nitrogens with one attached hydrogen (secondary N) is 2. The Kier molecular flexibility index (Phi) is 7.74. The van der Waals surface area contributed by atoms with Crippen molar-refractivity contribution in [3.8, 4) is 0 Å². The van der Waals surface area contributed by atoms with Crippen molar-refractivity contribution in [2.24, 2.45) is 4.99 Å².